The highest BCUT2D eigenvalue weighted by atomic mass is 16.3. The molecule has 0 aliphatic carbocycles. The van der Waals surface area contributed by atoms with Crippen molar-refractivity contribution in [3.63, 3.8) is 0 Å². The first-order chi connectivity index (χ1) is 23.8. The molecule has 2 nitrogen and oxygen atoms in total. The third kappa shape index (κ3) is 4.92. The lowest BCUT2D eigenvalue weighted by atomic mass is 9.97. The van der Waals surface area contributed by atoms with Crippen molar-refractivity contribution < 1.29 is 4.42 Å². The van der Waals surface area contributed by atoms with Crippen molar-refractivity contribution in [1.29, 1.82) is 0 Å². The molecule has 0 bridgehead atoms. The molecule has 9 aromatic rings. The first-order valence-electron chi connectivity index (χ1n) is 16.3. The molecule has 0 amide bonds. The summed E-state index contributed by atoms with van der Waals surface area (Å²) in [5.74, 6) is 0. The fraction of sp³-hybridized carbons (Fsp3) is 0. The summed E-state index contributed by atoms with van der Waals surface area (Å²) in [5.41, 5.74) is 12.2. The zero-order valence-corrected chi connectivity index (χ0v) is 26.3. The number of rotatable bonds is 6. The van der Waals surface area contributed by atoms with Crippen LogP contribution in [0, 0.1) is 0 Å². The van der Waals surface area contributed by atoms with E-state index < -0.39 is 0 Å². The molecule has 0 N–H and O–H groups in total. The smallest absolute Gasteiger partial charge is 0.135 e. The predicted molar refractivity (Wildman–Crippen MR) is 202 cm³/mol. The predicted octanol–water partition coefficient (Wildman–Crippen LogP) is 13.2. The van der Waals surface area contributed by atoms with E-state index in [1.54, 1.807) is 0 Å². The Hall–Kier alpha value is -6.38. The van der Waals surface area contributed by atoms with Crippen molar-refractivity contribution in [1.82, 2.24) is 0 Å². The number of para-hydroxylation sites is 2. The Morgan fingerprint density at radius 2 is 0.896 bits per heavy atom. The topological polar surface area (TPSA) is 16.4 Å². The fourth-order valence-corrected chi connectivity index (χ4v) is 6.93. The maximum absolute atomic E-state index is 6.17. The Morgan fingerprint density at radius 3 is 1.71 bits per heavy atom. The van der Waals surface area contributed by atoms with Crippen LogP contribution in [0.25, 0.3) is 66.1 Å². The van der Waals surface area contributed by atoms with E-state index in [2.05, 4.69) is 181 Å². The van der Waals surface area contributed by atoms with Gasteiger partial charge < -0.3 is 9.32 Å². The van der Waals surface area contributed by atoms with E-state index in [4.69, 9.17) is 4.42 Å². The normalized spacial score (nSPS) is 11.3. The van der Waals surface area contributed by atoms with Gasteiger partial charge in [-0.15, -0.1) is 0 Å². The van der Waals surface area contributed by atoms with Crippen molar-refractivity contribution in [2.75, 3.05) is 4.90 Å². The second-order valence-electron chi connectivity index (χ2n) is 12.1. The first kappa shape index (κ1) is 27.9. The molecule has 2 heteroatoms. The van der Waals surface area contributed by atoms with E-state index in [9.17, 15) is 0 Å². The molecule has 0 saturated carbocycles. The summed E-state index contributed by atoms with van der Waals surface area (Å²) >= 11 is 0. The Balaban J connectivity index is 1.19. The van der Waals surface area contributed by atoms with Gasteiger partial charge in [0.2, 0.25) is 0 Å². The average molecular weight is 614 g/mol. The maximum atomic E-state index is 6.17. The van der Waals surface area contributed by atoms with Gasteiger partial charge in [0.05, 0.1) is 5.69 Å². The highest BCUT2D eigenvalue weighted by Gasteiger charge is 2.19. The summed E-state index contributed by atoms with van der Waals surface area (Å²) in [5, 5.41) is 4.75. The molecule has 0 aliphatic heterocycles. The van der Waals surface area contributed by atoms with Crippen LogP contribution in [0.15, 0.2) is 192 Å². The van der Waals surface area contributed by atoms with Crippen LogP contribution < -0.4 is 4.90 Å². The number of furan rings is 1. The zero-order valence-electron chi connectivity index (χ0n) is 26.3. The molecular formula is C46H31NO. The Bertz CT molecular complexity index is 2540. The van der Waals surface area contributed by atoms with Gasteiger partial charge in [-0.2, -0.15) is 0 Å². The minimum absolute atomic E-state index is 0.898. The Morgan fingerprint density at radius 1 is 0.333 bits per heavy atom. The number of anilines is 3. The summed E-state index contributed by atoms with van der Waals surface area (Å²) in [4.78, 5) is 2.37. The number of hydrogen-bond acceptors (Lipinski definition) is 2. The Kier molecular flexibility index (Phi) is 6.84. The molecule has 0 fully saturated rings. The summed E-state index contributed by atoms with van der Waals surface area (Å²) in [6, 6.07) is 67.0. The molecular weight excluding hydrogens is 583 g/mol. The molecule has 8 aromatic carbocycles. The minimum atomic E-state index is 0.898. The first-order valence-corrected chi connectivity index (χ1v) is 16.3. The highest BCUT2D eigenvalue weighted by molar-refractivity contribution is 6.07. The number of fused-ring (bicyclic) bond motifs is 4. The quantitative estimate of drug-likeness (QED) is 0.185. The standard InChI is InChI=1S/C46H31NO/c1-2-11-32(12-3-1)33-21-26-37(27-22-33)47(38-28-23-35(24-29-38)40-18-10-14-34-13-4-5-15-39(34)40)44-19-8-6-16-41(44)36-25-30-46-43(31-36)42-17-7-9-20-45(42)48-46/h1-31H. The molecule has 9 rings (SSSR count). The van der Waals surface area contributed by atoms with Gasteiger partial charge in [-0.1, -0.05) is 140 Å². The lowest BCUT2D eigenvalue weighted by Crippen LogP contribution is -2.11. The van der Waals surface area contributed by atoms with E-state index in [1.165, 1.54) is 33.0 Å². The third-order valence-corrected chi connectivity index (χ3v) is 9.29. The molecule has 226 valence electrons. The summed E-state index contributed by atoms with van der Waals surface area (Å²) in [7, 11) is 0. The highest BCUT2D eigenvalue weighted by Crippen LogP contribution is 2.43. The van der Waals surface area contributed by atoms with Gasteiger partial charge in [-0.25, -0.2) is 0 Å². The third-order valence-electron chi connectivity index (χ3n) is 9.29. The van der Waals surface area contributed by atoms with Crippen molar-refractivity contribution in [3.05, 3.63) is 188 Å². The maximum Gasteiger partial charge on any atom is 0.135 e. The minimum Gasteiger partial charge on any atom is -0.456 e. The molecule has 0 unspecified atom stereocenters. The van der Waals surface area contributed by atoms with Gasteiger partial charge in [-0.3, -0.25) is 0 Å². The van der Waals surface area contributed by atoms with Gasteiger partial charge in [0.15, 0.2) is 0 Å². The molecule has 0 saturated heterocycles. The lowest BCUT2D eigenvalue weighted by molar-refractivity contribution is 0.669. The fourth-order valence-electron chi connectivity index (χ4n) is 6.93. The zero-order chi connectivity index (χ0) is 31.9. The van der Waals surface area contributed by atoms with E-state index in [0.29, 0.717) is 0 Å². The molecule has 0 spiro atoms. The van der Waals surface area contributed by atoms with E-state index in [-0.39, 0.29) is 0 Å². The average Bonchev–Trinajstić information content (AvgIpc) is 3.54. The second-order valence-corrected chi connectivity index (χ2v) is 12.1. The SMILES string of the molecule is c1ccc(-c2ccc(N(c3ccc(-c4cccc5ccccc45)cc3)c3ccccc3-c3ccc4oc5ccccc5c4c3)cc2)cc1. The van der Waals surface area contributed by atoms with Crippen LogP contribution in [0.1, 0.15) is 0 Å². The van der Waals surface area contributed by atoms with Gasteiger partial charge >= 0.3 is 0 Å². The number of nitrogens with zero attached hydrogens (tertiary/aromatic N) is 1. The monoisotopic (exact) mass is 613 g/mol. The van der Waals surface area contributed by atoms with Crippen LogP contribution in [0.5, 0.6) is 0 Å². The molecule has 0 radical (unpaired) electrons. The molecule has 0 aliphatic rings. The number of hydrogen-bond donors (Lipinski definition) is 0. The van der Waals surface area contributed by atoms with Crippen LogP contribution >= 0.6 is 0 Å². The summed E-state index contributed by atoms with van der Waals surface area (Å²) in [6.07, 6.45) is 0. The second kappa shape index (κ2) is 11.8. The largest absolute Gasteiger partial charge is 0.456 e. The number of benzene rings is 8. The lowest BCUT2D eigenvalue weighted by Gasteiger charge is -2.28. The van der Waals surface area contributed by atoms with Gasteiger partial charge in [0.1, 0.15) is 11.2 Å². The van der Waals surface area contributed by atoms with Crippen LogP contribution in [0.3, 0.4) is 0 Å². The van der Waals surface area contributed by atoms with Gasteiger partial charge in [-0.05, 0) is 87.1 Å². The van der Waals surface area contributed by atoms with E-state index in [1.807, 2.05) is 12.1 Å². The van der Waals surface area contributed by atoms with Gasteiger partial charge in [0.25, 0.3) is 0 Å². The van der Waals surface area contributed by atoms with Crippen LogP contribution in [0.2, 0.25) is 0 Å². The van der Waals surface area contributed by atoms with E-state index >= 15 is 0 Å². The summed E-state index contributed by atoms with van der Waals surface area (Å²) in [6.45, 7) is 0. The molecule has 0 atom stereocenters. The van der Waals surface area contributed by atoms with Crippen LogP contribution in [-0.2, 0) is 0 Å². The Labute approximate surface area is 279 Å². The molecule has 1 aromatic heterocycles. The van der Waals surface area contributed by atoms with Crippen molar-refractivity contribution in [2.24, 2.45) is 0 Å². The summed E-state index contributed by atoms with van der Waals surface area (Å²) < 4.78 is 6.17. The van der Waals surface area contributed by atoms with Crippen LogP contribution in [-0.4, -0.2) is 0 Å². The van der Waals surface area contributed by atoms with Crippen molar-refractivity contribution in [2.45, 2.75) is 0 Å². The molecule has 1 heterocycles. The molecule has 48 heavy (non-hydrogen) atoms. The van der Waals surface area contributed by atoms with Crippen molar-refractivity contribution in [3.8, 4) is 33.4 Å². The van der Waals surface area contributed by atoms with Crippen molar-refractivity contribution >= 4 is 49.8 Å². The van der Waals surface area contributed by atoms with E-state index in [0.717, 1.165) is 50.1 Å². The van der Waals surface area contributed by atoms with Crippen LogP contribution in [0.4, 0.5) is 17.1 Å². The van der Waals surface area contributed by atoms with Gasteiger partial charge in [0, 0.05) is 27.7 Å².